The Labute approximate surface area is 93.2 Å². The summed E-state index contributed by atoms with van der Waals surface area (Å²) < 4.78 is 5.66. The summed E-state index contributed by atoms with van der Waals surface area (Å²) in [5.74, 6) is 0. The van der Waals surface area contributed by atoms with E-state index in [2.05, 4.69) is 19.2 Å². The summed E-state index contributed by atoms with van der Waals surface area (Å²) in [7, 11) is 0. The Morgan fingerprint density at radius 2 is 2.20 bits per heavy atom. The molecule has 3 unspecified atom stereocenters. The Balaban J connectivity index is 2.23. The van der Waals surface area contributed by atoms with Crippen LogP contribution < -0.4 is 5.32 Å². The van der Waals surface area contributed by atoms with Gasteiger partial charge in [0.1, 0.15) is 0 Å². The molecule has 1 fully saturated rings. The number of hydrogen-bond donors (Lipinski definition) is 2. The van der Waals surface area contributed by atoms with Crippen molar-refractivity contribution in [2.24, 2.45) is 5.41 Å². The van der Waals surface area contributed by atoms with Crippen LogP contribution in [0.2, 0.25) is 0 Å². The third kappa shape index (κ3) is 3.16. The van der Waals surface area contributed by atoms with Crippen LogP contribution in [-0.4, -0.2) is 36.5 Å². The topological polar surface area (TPSA) is 41.5 Å². The van der Waals surface area contributed by atoms with E-state index in [-0.39, 0.29) is 11.5 Å². The average Bonchev–Trinajstić information content (AvgIpc) is 2.15. The molecule has 0 spiro atoms. The van der Waals surface area contributed by atoms with Gasteiger partial charge in [-0.1, -0.05) is 13.8 Å². The molecule has 1 aliphatic carbocycles. The molecule has 0 bridgehead atoms. The first-order valence-corrected chi connectivity index (χ1v) is 6.01. The minimum Gasteiger partial charge on any atom is -0.393 e. The molecule has 1 saturated carbocycles. The molecule has 0 amide bonds. The number of aliphatic hydroxyl groups excluding tert-OH is 1. The molecule has 1 rings (SSSR count). The van der Waals surface area contributed by atoms with Crippen molar-refractivity contribution in [3.8, 4) is 0 Å². The summed E-state index contributed by atoms with van der Waals surface area (Å²) in [5, 5.41) is 12.6. The Morgan fingerprint density at radius 3 is 2.67 bits per heavy atom. The van der Waals surface area contributed by atoms with Crippen molar-refractivity contribution >= 4 is 0 Å². The molecule has 0 radical (unpaired) electrons. The van der Waals surface area contributed by atoms with E-state index < -0.39 is 0 Å². The van der Waals surface area contributed by atoms with E-state index in [1.807, 2.05) is 13.8 Å². The van der Waals surface area contributed by atoms with Crippen molar-refractivity contribution in [1.82, 2.24) is 5.32 Å². The van der Waals surface area contributed by atoms with Crippen LogP contribution in [0.3, 0.4) is 0 Å². The molecule has 0 heterocycles. The SMILES string of the molecule is CCOC1CC(NCCC(C)O)C1(C)C. The van der Waals surface area contributed by atoms with Crippen LogP contribution in [0.25, 0.3) is 0 Å². The van der Waals surface area contributed by atoms with Gasteiger partial charge in [-0.05, 0) is 33.2 Å². The Morgan fingerprint density at radius 1 is 1.53 bits per heavy atom. The van der Waals surface area contributed by atoms with Gasteiger partial charge in [-0.15, -0.1) is 0 Å². The largest absolute Gasteiger partial charge is 0.393 e. The molecule has 3 atom stereocenters. The fourth-order valence-electron chi connectivity index (χ4n) is 2.18. The lowest BCUT2D eigenvalue weighted by molar-refractivity contribution is -0.114. The maximum Gasteiger partial charge on any atom is 0.0655 e. The summed E-state index contributed by atoms with van der Waals surface area (Å²) in [6, 6.07) is 0.535. The molecule has 0 saturated heterocycles. The molecule has 3 heteroatoms. The van der Waals surface area contributed by atoms with Crippen LogP contribution in [0.4, 0.5) is 0 Å². The van der Waals surface area contributed by atoms with Crippen molar-refractivity contribution in [1.29, 1.82) is 0 Å². The standard InChI is InChI=1S/C12H25NO2/c1-5-15-11-8-10(12(11,3)4)13-7-6-9(2)14/h9-11,13-14H,5-8H2,1-4H3. The van der Waals surface area contributed by atoms with Gasteiger partial charge in [-0.2, -0.15) is 0 Å². The summed E-state index contributed by atoms with van der Waals surface area (Å²) in [6.45, 7) is 10.1. The van der Waals surface area contributed by atoms with Crippen LogP contribution in [0, 0.1) is 5.41 Å². The molecular weight excluding hydrogens is 190 g/mol. The van der Waals surface area contributed by atoms with Crippen LogP contribution in [0.1, 0.15) is 40.5 Å². The van der Waals surface area contributed by atoms with Gasteiger partial charge in [0.2, 0.25) is 0 Å². The molecule has 0 aromatic heterocycles. The number of hydrogen-bond acceptors (Lipinski definition) is 3. The second-order valence-corrected chi connectivity index (χ2v) is 5.15. The second kappa shape index (κ2) is 5.28. The number of aliphatic hydroxyl groups is 1. The van der Waals surface area contributed by atoms with Crippen LogP contribution >= 0.6 is 0 Å². The second-order valence-electron chi connectivity index (χ2n) is 5.15. The van der Waals surface area contributed by atoms with Crippen LogP contribution in [-0.2, 0) is 4.74 Å². The van der Waals surface area contributed by atoms with Gasteiger partial charge in [0.25, 0.3) is 0 Å². The summed E-state index contributed by atoms with van der Waals surface area (Å²) in [5.41, 5.74) is 0.231. The van der Waals surface area contributed by atoms with Crippen molar-refractivity contribution in [2.75, 3.05) is 13.2 Å². The summed E-state index contributed by atoms with van der Waals surface area (Å²) in [4.78, 5) is 0. The predicted molar refractivity (Wildman–Crippen MR) is 61.9 cm³/mol. The lowest BCUT2D eigenvalue weighted by atomic mass is 9.64. The van der Waals surface area contributed by atoms with E-state index in [1.54, 1.807) is 0 Å². The highest BCUT2D eigenvalue weighted by molar-refractivity contribution is 5.02. The maximum absolute atomic E-state index is 9.16. The minimum absolute atomic E-state index is 0.205. The lowest BCUT2D eigenvalue weighted by Gasteiger charge is -2.52. The van der Waals surface area contributed by atoms with Gasteiger partial charge in [0.05, 0.1) is 12.2 Å². The number of rotatable bonds is 6. The summed E-state index contributed by atoms with van der Waals surface area (Å²) in [6.07, 6.45) is 2.11. The van der Waals surface area contributed by atoms with E-state index in [9.17, 15) is 0 Å². The molecule has 0 aromatic carbocycles. The highest BCUT2D eigenvalue weighted by atomic mass is 16.5. The predicted octanol–water partition coefficient (Wildman–Crippen LogP) is 1.55. The van der Waals surface area contributed by atoms with E-state index in [0.29, 0.717) is 12.1 Å². The number of nitrogens with one attached hydrogen (secondary N) is 1. The van der Waals surface area contributed by atoms with Gasteiger partial charge in [0, 0.05) is 18.1 Å². The summed E-state index contributed by atoms with van der Waals surface area (Å²) >= 11 is 0. The first kappa shape index (κ1) is 12.9. The van der Waals surface area contributed by atoms with E-state index in [1.165, 1.54) is 0 Å². The van der Waals surface area contributed by atoms with Gasteiger partial charge >= 0.3 is 0 Å². The van der Waals surface area contributed by atoms with Gasteiger partial charge in [0.15, 0.2) is 0 Å². The molecule has 15 heavy (non-hydrogen) atoms. The van der Waals surface area contributed by atoms with Gasteiger partial charge in [-0.25, -0.2) is 0 Å². The quantitative estimate of drug-likeness (QED) is 0.706. The first-order chi connectivity index (χ1) is 6.98. The molecule has 3 nitrogen and oxygen atoms in total. The highest BCUT2D eigenvalue weighted by Gasteiger charge is 2.48. The zero-order valence-electron chi connectivity index (χ0n) is 10.4. The number of ether oxygens (including phenoxy) is 1. The Kier molecular flexibility index (Phi) is 4.56. The fourth-order valence-corrected chi connectivity index (χ4v) is 2.18. The first-order valence-electron chi connectivity index (χ1n) is 6.01. The van der Waals surface area contributed by atoms with Crippen molar-refractivity contribution < 1.29 is 9.84 Å². The lowest BCUT2D eigenvalue weighted by Crippen LogP contribution is -2.61. The molecule has 1 aliphatic rings. The zero-order valence-corrected chi connectivity index (χ0v) is 10.4. The fraction of sp³-hybridized carbons (Fsp3) is 1.00. The van der Waals surface area contributed by atoms with E-state index in [0.717, 1.165) is 26.0 Å². The van der Waals surface area contributed by atoms with Crippen molar-refractivity contribution in [3.05, 3.63) is 0 Å². The van der Waals surface area contributed by atoms with Gasteiger partial charge in [-0.3, -0.25) is 0 Å². The third-order valence-electron chi connectivity index (χ3n) is 3.50. The molecule has 0 aliphatic heterocycles. The molecular formula is C12H25NO2. The third-order valence-corrected chi connectivity index (χ3v) is 3.50. The molecule has 0 aromatic rings. The van der Waals surface area contributed by atoms with Crippen molar-refractivity contribution in [2.45, 2.75) is 58.8 Å². The van der Waals surface area contributed by atoms with Crippen LogP contribution in [0.15, 0.2) is 0 Å². The Hall–Kier alpha value is -0.120. The highest BCUT2D eigenvalue weighted by Crippen LogP contribution is 2.42. The minimum atomic E-state index is -0.205. The van der Waals surface area contributed by atoms with E-state index >= 15 is 0 Å². The molecule has 90 valence electrons. The van der Waals surface area contributed by atoms with Crippen molar-refractivity contribution in [3.63, 3.8) is 0 Å². The van der Waals surface area contributed by atoms with Gasteiger partial charge < -0.3 is 15.2 Å². The average molecular weight is 215 g/mol. The smallest absolute Gasteiger partial charge is 0.0655 e. The van der Waals surface area contributed by atoms with E-state index in [4.69, 9.17) is 9.84 Å². The zero-order chi connectivity index (χ0) is 11.5. The Bertz CT molecular complexity index is 192. The molecule has 2 N–H and O–H groups in total. The normalized spacial score (nSPS) is 31.0. The van der Waals surface area contributed by atoms with Crippen LogP contribution in [0.5, 0.6) is 0 Å². The monoisotopic (exact) mass is 215 g/mol. The maximum atomic E-state index is 9.16.